The normalized spacial score (nSPS) is 24.9. The zero-order valence-electron chi connectivity index (χ0n) is 9.80. The van der Waals surface area contributed by atoms with Gasteiger partial charge in [0.25, 0.3) is 0 Å². The van der Waals surface area contributed by atoms with Crippen LogP contribution in [0.1, 0.15) is 18.9 Å². The Kier molecular flexibility index (Phi) is 2.21. The molecule has 2 heterocycles. The number of aromatic nitrogens is 2. The Morgan fingerprint density at radius 3 is 2.88 bits per heavy atom. The van der Waals surface area contributed by atoms with Gasteiger partial charge in [-0.25, -0.2) is 0 Å². The zero-order chi connectivity index (χ0) is 11.1. The average Bonchev–Trinajstić information content (AvgIpc) is 2.60. The minimum atomic E-state index is 0.622. The van der Waals surface area contributed by atoms with Gasteiger partial charge in [0, 0.05) is 24.5 Å². The Hall–Kier alpha value is -1.35. The minimum absolute atomic E-state index is 0.622. The first-order valence-corrected chi connectivity index (χ1v) is 5.85. The van der Waals surface area contributed by atoms with Crippen LogP contribution in [0, 0.1) is 0 Å². The predicted octanol–water partition coefficient (Wildman–Crippen LogP) is 2.30. The summed E-state index contributed by atoms with van der Waals surface area (Å²) in [6.45, 7) is 0. The lowest BCUT2D eigenvalue weighted by molar-refractivity contribution is 0.116. The van der Waals surface area contributed by atoms with Crippen molar-refractivity contribution in [3.8, 4) is 0 Å². The van der Waals surface area contributed by atoms with Crippen LogP contribution in [-0.2, 0) is 0 Å². The lowest BCUT2D eigenvalue weighted by Gasteiger charge is -2.42. The summed E-state index contributed by atoms with van der Waals surface area (Å²) in [5.41, 5.74) is 2.37. The first-order chi connectivity index (χ1) is 7.77. The van der Waals surface area contributed by atoms with E-state index in [0.29, 0.717) is 12.1 Å². The van der Waals surface area contributed by atoms with E-state index in [-0.39, 0.29) is 0 Å². The van der Waals surface area contributed by atoms with E-state index in [1.54, 1.807) is 0 Å². The fourth-order valence-electron chi connectivity index (χ4n) is 2.67. The van der Waals surface area contributed by atoms with Gasteiger partial charge < -0.3 is 9.47 Å². The van der Waals surface area contributed by atoms with Gasteiger partial charge in [-0.05, 0) is 45.1 Å². The van der Waals surface area contributed by atoms with Crippen molar-refractivity contribution < 1.29 is 0 Å². The molecule has 1 aliphatic carbocycles. The molecule has 1 aliphatic rings. The third-order valence-corrected chi connectivity index (χ3v) is 3.71. The van der Waals surface area contributed by atoms with E-state index in [0.717, 1.165) is 5.52 Å². The molecule has 0 radical (unpaired) electrons. The summed E-state index contributed by atoms with van der Waals surface area (Å²) in [6.07, 6.45) is 6.62. The van der Waals surface area contributed by atoms with Crippen molar-refractivity contribution in [3.05, 3.63) is 30.6 Å². The standard InChI is InChI=1S/C13H17N3/c1-15(2)12-5-6-13(12)16-9-7-10-11(16)4-3-8-14-10/h3-4,7-9,12-13H,5-6H2,1-2H3. The molecule has 84 valence electrons. The molecule has 0 N–H and O–H groups in total. The first-order valence-electron chi connectivity index (χ1n) is 5.85. The van der Waals surface area contributed by atoms with Crippen LogP contribution in [0.25, 0.3) is 11.0 Å². The Balaban J connectivity index is 2.00. The van der Waals surface area contributed by atoms with E-state index in [9.17, 15) is 0 Å². The van der Waals surface area contributed by atoms with Crippen LogP contribution in [0.4, 0.5) is 0 Å². The maximum atomic E-state index is 4.38. The van der Waals surface area contributed by atoms with Crippen molar-refractivity contribution in [2.45, 2.75) is 24.9 Å². The van der Waals surface area contributed by atoms with Gasteiger partial charge in [-0.1, -0.05) is 0 Å². The summed E-state index contributed by atoms with van der Waals surface area (Å²) in [6, 6.07) is 7.59. The summed E-state index contributed by atoms with van der Waals surface area (Å²) in [7, 11) is 4.33. The van der Waals surface area contributed by atoms with Gasteiger partial charge in [-0.2, -0.15) is 0 Å². The van der Waals surface area contributed by atoms with Crippen LogP contribution in [0.5, 0.6) is 0 Å². The first kappa shape index (κ1) is 9.85. The van der Waals surface area contributed by atoms with Gasteiger partial charge in [0.05, 0.1) is 11.0 Å². The largest absolute Gasteiger partial charge is 0.342 e. The van der Waals surface area contributed by atoms with Gasteiger partial charge in [0.1, 0.15) is 0 Å². The molecule has 2 atom stereocenters. The lowest BCUT2D eigenvalue weighted by Crippen LogP contribution is -2.43. The summed E-state index contributed by atoms with van der Waals surface area (Å²) >= 11 is 0. The number of hydrogen-bond donors (Lipinski definition) is 0. The molecule has 0 bridgehead atoms. The maximum absolute atomic E-state index is 4.38. The number of fused-ring (bicyclic) bond motifs is 1. The minimum Gasteiger partial charge on any atom is -0.342 e. The second-order valence-electron chi connectivity index (χ2n) is 4.81. The number of hydrogen-bond acceptors (Lipinski definition) is 2. The van der Waals surface area contributed by atoms with Crippen LogP contribution in [0.3, 0.4) is 0 Å². The van der Waals surface area contributed by atoms with Crippen molar-refractivity contribution in [1.29, 1.82) is 0 Å². The molecule has 2 aromatic rings. The molecule has 1 saturated carbocycles. The van der Waals surface area contributed by atoms with Crippen LogP contribution in [-0.4, -0.2) is 34.6 Å². The molecule has 0 aliphatic heterocycles. The van der Waals surface area contributed by atoms with E-state index in [1.807, 2.05) is 12.3 Å². The van der Waals surface area contributed by atoms with Crippen molar-refractivity contribution in [1.82, 2.24) is 14.5 Å². The van der Waals surface area contributed by atoms with Crippen molar-refractivity contribution in [2.75, 3.05) is 14.1 Å². The predicted molar refractivity (Wildman–Crippen MR) is 65.5 cm³/mol. The Morgan fingerprint density at radius 1 is 1.31 bits per heavy atom. The summed E-state index contributed by atoms with van der Waals surface area (Å²) in [4.78, 5) is 6.71. The molecule has 3 rings (SSSR count). The SMILES string of the molecule is CN(C)C1CCC1n1ccc2ncccc21. The highest BCUT2D eigenvalue weighted by molar-refractivity contribution is 5.75. The van der Waals surface area contributed by atoms with E-state index >= 15 is 0 Å². The van der Waals surface area contributed by atoms with Crippen LogP contribution < -0.4 is 0 Å². The Bertz CT molecular complexity index is 501. The molecule has 0 amide bonds. The second-order valence-corrected chi connectivity index (χ2v) is 4.81. The Labute approximate surface area is 95.7 Å². The monoisotopic (exact) mass is 215 g/mol. The van der Waals surface area contributed by atoms with E-state index in [1.165, 1.54) is 18.4 Å². The summed E-state index contributed by atoms with van der Waals surface area (Å²) in [5, 5.41) is 0. The topological polar surface area (TPSA) is 21.1 Å². The molecule has 0 aromatic carbocycles. The molecular formula is C13H17N3. The van der Waals surface area contributed by atoms with Crippen LogP contribution >= 0.6 is 0 Å². The van der Waals surface area contributed by atoms with Crippen molar-refractivity contribution >= 4 is 11.0 Å². The highest BCUT2D eigenvalue weighted by Gasteiger charge is 2.34. The highest BCUT2D eigenvalue weighted by Crippen LogP contribution is 2.37. The number of rotatable bonds is 2. The molecule has 3 heteroatoms. The average molecular weight is 215 g/mol. The summed E-state index contributed by atoms with van der Waals surface area (Å²) in [5.74, 6) is 0. The highest BCUT2D eigenvalue weighted by atomic mass is 15.2. The molecule has 2 unspecified atom stereocenters. The lowest BCUT2D eigenvalue weighted by atomic mass is 9.85. The van der Waals surface area contributed by atoms with Gasteiger partial charge in [0.2, 0.25) is 0 Å². The third kappa shape index (κ3) is 1.35. The molecule has 3 nitrogen and oxygen atoms in total. The smallest absolute Gasteiger partial charge is 0.0881 e. The molecule has 0 saturated heterocycles. The molecule has 1 fully saturated rings. The fourth-order valence-corrected chi connectivity index (χ4v) is 2.67. The van der Waals surface area contributed by atoms with Gasteiger partial charge in [-0.3, -0.25) is 4.98 Å². The molecule has 0 spiro atoms. The van der Waals surface area contributed by atoms with E-state index in [4.69, 9.17) is 0 Å². The maximum Gasteiger partial charge on any atom is 0.0881 e. The van der Waals surface area contributed by atoms with Crippen LogP contribution in [0.2, 0.25) is 0 Å². The van der Waals surface area contributed by atoms with E-state index in [2.05, 4.69) is 46.9 Å². The Morgan fingerprint density at radius 2 is 2.19 bits per heavy atom. The number of nitrogens with zero attached hydrogens (tertiary/aromatic N) is 3. The zero-order valence-corrected chi connectivity index (χ0v) is 9.80. The molecule has 16 heavy (non-hydrogen) atoms. The molecular weight excluding hydrogens is 198 g/mol. The van der Waals surface area contributed by atoms with Gasteiger partial charge in [0.15, 0.2) is 0 Å². The quantitative estimate of drug-likeness (QED) is 0.766. The molecule has 2 aromatic heterocycles. The summed E-state index contributed by atoms with van der Waals surface area (Å²) < 4.78 is 2.39. The van der Waals surface area contributed by atoms with E-state index < -0.39 is 0 Å². The third-order valence-electron chi connectivity index (χ3n) is 3.71. The number of pyridine rings is 1. The van der Waals surface area contributed by atoms with Crippen LogP contribution in [0.15, 0.2) is 30.6 Å². The van der Waals surface area contributed by atoms with Crippen molar-refractivity contribution in [2.24, 2.45) is 0 Å². The van der Waals surface area contributed by atoms with Gasteiger partial charge in [-0.15, -0.1) is 0 Å². The second kappa shape index (κ2) is 3.59. The van der Waals surface area contributed by atoms with Gasteiger partial charge >= 0.3 is 0 Å². The number of likely N-dealkylation sites (N-methyl/N-ethyl adjacent to an activating group) is 1. The fraction of sp³-hybridized carbons (Fsp3) is 0.462. The van der Waals surface area contributed by atoms with Crippen molar-refractivity contribution in [3.63, 3.8) is 0 Å².